The van der Waals surface area contributed by atoms with E-state index in [0.717, 1.165) is 26.8 Å². The lowest BCUT2D eigenvalue weighted by molar-refractivity contribution is -0.113. The molecule has 0 bridgehead atoms. The number of aromatic nitrogens is 1. The molecule has 0 unspecified atom stereocenters. The number of hydrogen-bond acceptors (Lipinski definition) is 7. The van der Waals surface area contributed by atoms with Gasteiger partial charge in [0.2, 0.25) is 5.91 Å². The minimum Gasteiger partial charge on any atom is -0.332 e. The Morgan fingerprint density at radius 3 is 2.50 bits per heavy atom. The zero-order valence-electron chi connectivity index (χ0n) is 18.0. The molecular weight excluding hydrogens is 505 g/mol. The van der Waals surface area contributed by atoms with Crippen LogP contribution in [0.15, 0.2) is 76.3 Å². The van der Waals surface area contributed by atoms with Crippen molar-refractivity contribution in [2.75, 3.05) is 21.7 Å². The van der Waals surface area contributed by atoms with Gasteiger partial charge >= 0.3 is 0 Å². The molecular formula is C24H20N4O2S4. The Balaban J connectivity index is 1.27. The number of thiocarbonyl (C=S) groups is 1. The second-order valence-electron chi connectivity index (χ2n) is 7.09. The molecule has 3 N–H and O–H groups in total. The number of amides is 1. The smallest absolute Gasteiger partial charge is 0.236 e. The van der Waals surface area contributed by atoms with Crippen LogP contribution in [0, 0.1) is 0 Å². The van der Waals surface area contributed by atoms with E-state index in [0.29, 0.717) is 15.8 Å². The van der Waals surface area contributed by atoms with Gasteiger partial charge in [0.05, 0.1) is 16.3 Å². The fourth-order valence-corrected chi connectivity index (χ4v) is 5.40. The maximum Gasteiger partial charge on any atom is 0.236 e. The van der Waals surface area contributed by atoms with Gasteiger partial charge in [-0.1, -0.05) is 12.1 Å². The molecule has 0 saturated carbocycles. The Morgan fingerprint density at radius 2 is 1.76 bits per heavy atom. The number of thioether (sulfide) groups is 1. The van der Waals surface area contributed by atoms with Gasteiger partial charge in [0.25, 0.3) is 0 Å². The molecule has 0 fully saturated rings. The third-order valence-electron chi connectivity index (χ3n) is 4.54. The Kier molecular flexibility index (Phi) is 8.07. The molecule has 10 heteroatoms. The standard InChI is InChI=1S/C24H20N4O2S4/c1-15(29)16-7-9-17(10-8-16)25-23(31)26-18-4-2-5-19(12-18)33-14-22(30)28-24-27-20(13-34-24)21-6-3-11-32-21/h2-13H,14H2,1H3,(H2,25,26,31)(H,27,28,30). The van der Waals surface area contributed by atoms with E-state index >= 15 is 0 Å². The molecule has 0 aliphatic carbocycles. The Bertz CT molecular complexity index is 1300. The summed E-state index contributed by atoms with van der Waals surface area (Å²) in [5.41, 5.74) is 3.12. The number of carbonyl (C=O) groups is 2. The predicted octanol–water partition coefficient (Wildman–Crippen LogP) is 6.61. The molecule has 6 nitrogen and oxygen atoms in total. The molecule has 2 heterocycles. The third-order valence-corrected chi connectivity index (χ3v) is 7.38. The van der Waals surface area contributed by atoms with Crippen molar-refractivity contribution in [3.05, 3.63) is 77.0 Å². The summed E-state index contributed by atoms with van der Waals surface area (Å²) in [6.07, 6.45) is 0. The minimum absolute atomic E-state index is 0.0185. The number of nitrogens with zero attached hydrogens (tertiary/aromatic N) is 1. The van der Waals surface area contributed by atoms with E-state index in [4.69, 9.17) is 12.2 Å². The number of nitrogens with one attached hydrogen (secondary N) is 3. The molecule has 172 valence electrons. The number of anilines is 3. The lowest BCUT2D eigenvalue weighted by Crippen LogP contribution is -2.19. The molecule has 0 radical (unpaired) electrons. The second-order valence-corrected chi connectivity index (χ2v) is 10.4. The van der Waals surface area contributed by atoms with Crippen LogP contribution < -0.4 is 16.0 Å². The van der Waals surface area contributed by atoms with Gasteiger partial charge < -0.3 is 16.0 Å². The SMILES string of the molecule is CC(=O)c1ccc(NC(=S)Nc2cccc(SCC(=O)Nc3nc(-c4cccs4)cs3)c2)cc1. The molecule has 0 saturated heterocycles. The Hall–Kier alpha value is -3.05. The second kappa shape index (κ2) is 11.4. The number of Topliss-reactive ketones (excluding diaryl/α,β-unsaturated/α-hetero) is 1. The summed E-state index contributed by atoms with van der Waals surface area (Å²) in [6, 6.07) is 18.8. The van der Waals surface area contributed by atoms with Gasteiger partial charge in [0.1, 0.15) is 0 Å². The first kappa shape index (κ1) is 24.1. The van der Waals surface area contributed by atoms with Crippen LogP contribution in [-0.2, 0) is 4.79 Å². The van der Waals surface area contributed by atoms with Crippen molar-refractivity contribution in [1.82, 2.24) is 4.98 Å². The molecule has 1 amide bonds. The highest BCUT2D eigenvalue weighted by molar-refractivity contribution is 8.00. The Labute approximate surface area is 214 Å². The number of hydrogen-bond donors (Lipinski definition) is 3. The van der Waals surface area contributed by atoms with Gasteiger partial charge in [-0.15, -0.1) is 34.4 Å². The van der Waals surface area contributed by atoms with E-state index in [9.17, 15) is 9.59 Å². The number of thiazole rings is 1. The zero-order chi connectivity index (χ0) is 23.9. The molecule has 2 aromatic heterocycles. The van der Waals surface area contributed by atoms with Gasteiger partial charge in [-0.05, 0) is 73.1 Å². The number of carbonyl (C=O) groups excluding carboxylic acids is 2. The maximum atomic E-state index is 12.4. The fraction of sp³-hybridized carbons (Fsp3) is 0.0833. The minimum atomic E-state index is -0.110. The molecule has 0 aliphatic heterocycles. The summed E-state index contributed by atoms with van der Waals surface area (Å²) in [6.45, 7) is 1.53. The van der Waals surface area contributed by atoms with Gasteiger partial charge in [-0.25, -0.2) is 4.98 Å². The zero-order valence-corrected chi connectivity index (χ0v) is 21.3. The normalized spacial score (nSPS) is 10.5. The first-order valence-corrected chi connectivity index (χ1v) is 13.3. The molecule has 34 heavy (non-hydrogen) atoms. The van der Waals surface area contributed by atoms with Crippen LogP contribution >= 0.6 is 46.7 Å². The molecule has 4 rings (SSSR count). The third kappa shape index (κ3) is 6.73. The van der Waals surface area contributed by atoms with Crippen LogP contribution in [0.2, 0.25) is 0 Å². The Morgan fingerprint density at radius 1 is 0.971 bits per heavy atom. The topological polar surface area (TPSA) is 83.1 Å². The van der Waals surface area contributed by atoms with Crippen LogP contribution in [0.5, 0.6) is 0 Å². The summed E-state index contributed by atoms with van der Waals surface area (Å²) in [4.78, 5) is 30.3. The van der Waals surface area contributed by atoms with Crippen molar-refractivity contribution in [2.24, 2.45) is 0 Å². The van der Waals surface area contributed by atoms with Gasteiger partial charge in [0.15, 0.2) is 16.0 Å². The number of thiophene rings is 1. The monoisotopic (exact) mass is 524 g/mol. The van der Waals surface area contributed by atoms with Crippen LogP contribution in [-0.4, -0.2) is 27.5 Å². The van der Waals surface area contributed by atoms with E-state index in [1.54, 1.807) is 35.6 Å². The van der Waals surface area contributed by atoms with E-state index in [2.05, 4.69) is 20.9 Å². The van der Waals surface area contributed by atoms with Crippen LogP contribution in [0.4, 0.5) is 16.5 Å². The van der Waals surface area contributed by atoms with Gasteiger partial charge in [-0.3, -0.25) is 9.59 Å². The number of benzene rings is 2. The van der Waals surface area contributed by atoms with Crippen molar-refractivity contribution in [3.8, 4) is 10.6 Å². The fourth-order valence-electron chi connectivity index (χ4n) is 2.92. The maximum absolute atomic E-state index is 12.4. The van der Waals surface area contributed by atoms with Crippen LogP contribution in [0.3, 0.4) is 0 Å². The lowest BCUT2D eigenvalue weighted by atomic mass is 10.1. The molecule has 0 spiro atoms. The molecule has 2 aromatic carbocycles. The number of ketones is 1. The lowest BCUT2D eigenvalue weighted by Gasteiger charge is -2.12. The van der Waals surface area contributed by atoms with Gasteiger partial charge in [0, 0.05) is 27.2 Å². The van der Waals surface area contributed by atoms with Crippen molar-refractivity contribution < 1.29 is 9.59 Å². The van der Waals surface area contributed by atoms with Gasteiger partial charge in [-0.2, -0.15) is 0 Å². The van der Waals surface area contributed by atoms with Crippen molar-refractivity contribution in [1.29, 1.82) is 0 Å². The summed E-state index contributed by atoms with van der Waals surface area (Å²) in [5.74, 6) is 0.175. The average Bonchev–Trinajstić information content (AvgIpc) is 3.50. The quantitative estimate of drug-likeness (QED) is 0.136. The van der Waals surface area contributed by atoms with E-state index in [-0.39, 0.29) is 17.4 Å². The van der Waals surface area contributed by atoms with E-state index in [1.807, 2.05) is 47.2 Å². The van der Waals surface area contributed by atoms with Crippen molar-refractivity contribution in [2.45, 2.75) is 11.8 Å². The highest BCUT2D eigenvalue weighted by Crippen LogP contribution is 2.28. The molecule has 0 atom stereocenters. The van der Waals surface area contributed by atoms with Crippen LogP contribution in [0.25, 0.3) is 10.6 Å². The summed E-state index contributed by atoms with van der Waals surface area (Å²) in [7, 11) is 0. The largest absolute Gasteiger partial charge is 0.332 e. The molecule has 4 aromatic rings. The van der Waals surface area contributed by atoms with E-state index in [1.165, 1.54) is 30.0 Å². The van der Waals surface area contributed by atoms with Crippen molar-refractivity contribution >= 4 is 80.0 Å². The summed E-state index contributed by atoms with van der Waals surface area (Å²) in [5, 5.41) is 14.1. The average molecular weight is 525 g/mol. The van der Waals surface area contributed by atoms with E-state index < -0.39 is 0 Å². The summed E-state index contributed by atoms with van der Waals surface area (Å²) < 4.78 is 0. The predicted molar refractivity (Wildman–Crippen MR) is 148 cm³/mol. The highest BCUT2D eigenvalue weighted by atomic mass is 32.2. The highest BCUT2D eigenvalue weighted by Gasteiger charge is 2.10. The first-order valence-electron chi connectivity index (χ1n) is 10.2. The molecule has 0 aliphatic rings. The van der Waals surface area contributed by atoms with Crippen molar-refractivity contribution in [3.63, 3.8) is 0 Å². The number of rotatable bonds is 8. The van der Waals surface area contributed by atoms with Crippen LogP contribution in [0.1, 0.15) is 17.3 Å². The summed E-state index contributed by atoms with van der Waals surface area (Å²) >= 11 is 9.86. The first-order chi connectivity index (χ1) is 16.5.